The van der Waals surface area contributed by atoms with E-state index in [0.717, 1.165) is 26.1 Å². The molecule has 0 bridgehead atoms. The number of hydrogen-bond acceptors (Lipinski definition) is 2. The van der Waals surface area contributed by atoms with Crippen molar-refractivity contribution in [1.29, 1.82) is 0 Å². The van der Waals surface area contributed by atoms with E-state index in [9.17, 15) is 0 Å². The molecule has 0 fully saturated rings. The van der Waals surface area contributed by atoms with Crippen molar-refractivity contribution < 1.29 is 0 Å². The summed E-state index contributed by atoms with van der Waals surface area (Å²) in [5, 5.41) is 0. The highest BCUT2D eigenvalue weighted by Crippen LogP contribution is 2.10. The second kappa shape index (κ2) is 6.38. The molecule has 0 spiro atoms. The zero-order valence-electron chi connectivity index (χ0n) is 9.45. The Kier molecular flexibility index (Phi) is 5.08. The molecule has 0 atom stereocenters. The van der Waals surface area contributed by atoms with E-state index < -0.39 is 0 Å². The normalized spacial score (nSPS) is 10.6. The first-order valence-electron chi connectivity index (χ1n) is 5.37. The Labute approximate surface area is 92.4 Å². The molecule has 1 aromatic rings. The van der Waals surface area contributed by atoms with E-state index >= 15 is 0 Å². The van der Waals surface area contributed by atoms with Crippen LogP contribution in [-0.2, 0) is 6.42 Å². The predicted octanol–water partition coefficient (Wildman–Crippen LogP) is 1.76. The fourth-order valence-electron chi connectivity index (χ4n) is 1.60. The molecule has 0 amide bonds. The van der Waals surface area contributed by atoms with Gasteiger partial charge in [0.2, 0.25) is 0 Å². The van der Waals surface area contributed by atoms with Gasteiger partial charge >= 0.3 is 0 Å². The summed E-state index contributed by atoms with van der Waals surface area (Å²) in [6.45, 7) is 6.54. The van der Waals surface area contributed by atoms with Gasteiger partial charge in [-0.05, 0) is 24.6 Å². The average Bonchev–Trinajstić information content (AvgIpc) is 2.27. The van der Waals surface area contributed by atoms with Crippen molar-refractivity contribution in [2.24, 2.45) is 5.73 Å². The SMILES string of the molecule is C=Cc1ccccc1CCN(C)CCN. The van der Waals surface area contributed by atoms with Crippen molar-refractivity contribution >= 4 is 6.08 Å². The van der Waals surface area contributed by atoms with Gasteiger partial charge in [0.25, 0.3) is 0 Å². The molecule has 0 heterocycles. The fourth-order valence-corrected chi connectivity index (χ4v) is 1.60. The lowest BCUT2D eigenvalue weighted by molar-refractivity contribution is 0.348. The number of benzene rings is 1. The van der Waals surface area contributed by atoms with Crippen LogP contribution in [0, 0.1) is 0 Å². The Morgan fingerprint density at radius 1 is 1.33 bits per heavy atom. The van der Waals surface area contributed by atoms with Crippen LogP contribution in [0.5, 0.6) is 0 Å². The summed E-state index contributed by atoms with van der Waals surface area (Å²) in [4.78, 5) is 2.25. The molecule has 1 aromatic carbocycles. The van der Waals surface area contributed by atoms with Crippen LogP contribution in [0.2, 0.25) is 0 Å². The molecule has 1 rings (SSSR count). The Morgan fingerprint density at radius 2 is 2.07 bits per heavy atom. The van der Waals surface area contributed by atoms with Gasteiger partial charge in [0.1, 0.15) is 0 Å². The van der Waals surface area contributed by atoms with Crippen molar-refractivity contribution in [1.82, 2.24) is 4.90 Å². The molecule has 0 aliphatic heterocycles. The molecule has 2 heteroatoms. The maximum absolute atomic E-state index is 5.50. The van der Waals surface area contributed by atoms with Crippen molar-refractivity contribution in [3.8, 4) is 0 Å². The van der Waals surface area contributed by atoms with E-state index in [4.69, 9.17) is 5.73 Å². The molecule has 0 saturated heterocycles. The summed E-state index contributed by atoms with van der Waals surface area (Å²) in [6, 6.07) is 8.38. The number of likely N-dealkylation sites (N-methyl/N-ethyl adjacent to an activating group) is 1. The first kappa shape index (κ1) is 12.0. The summed E-state index contributed by atoms with van der Waals surface area (Å²) in [5.74, 6) is 0. The van der Waals surface area contributed by atoms with E-state index in [-0.39, 0.29) is 0 Å². The molecular formula is C13H20N2. The number of nitrogens with two attached hydrogens (primary N) is 1. The van der Waals surface area contributed by atoms with Gasteiger partial charge < -0.3 is 10.6 Å². The second-order valence-corrected chi connectivity index (χ2v) is 3.74. The standard InChI is InChI=1S/C13H20N2/c1-3-12-6-4-5-7-13(12)8-10-15(2)11-9-14/h3-7H,1,8-11,14H2,2H3. The number of nitrogens with zero attached hydrogens (tertiary/aromatic N) is 1. The highest BCUT2D eigenvalue weighted by Gasteiger charge is 2.00. The first-order valence-corrected chi connectivity index (χ1v) is 5.37. The Balaban J connectivity index is 2.53. The smallest absolute Gasteiger partial charge is 0.0102 e. The minimum atomic E-state index is 0.722. The Bertz CT molecular complexity index is 307. The van der Waals surface area contributed by atoms with Gasteiger partial charge in [0.05, 0.1) is 0 Å². The maximum atomic E-state index is 5.50. The summed E-state index contributed by atoms with van der Waals surface area (Å²) in [7, 11) is 2.10. The number of hydrogen-bond donors (Lipinski definition) is 1. The van der Waals surface area contributed by atoms with E-state index in [1.54, 1.807) is 0 Å². The van der Waals surface area contributed by atoms with Gasteiger partial charge in [-0.15, -0.1) is 0 Å². The third-order valence-electron chi connectivity index (χ3n) is 2.55. The zero-order valence-corrected chi connectivity index (χ0v) is 9.45. The molecule has 2 nitrogen and oxygen atoms in total. The van der Waals surface area contributed by atoms with Gasteiger partial charge in [0, 0.05) is 19.6 Å². The molecular weight excluding hydrogens is 184 g/mol. The van der Waals surface area contributed by atoms with Crippen LogP contribution in [0.25, 0.3) is 6.08 Å². The van der Waals surface area contributed by atoms with Crippen LogP contribution in [-0.4, -0.2) is 31.6 Å². The van der Waals surface area contributed by atoms with Crippen LogP contribution in [0.15, 0.2) is 30.8 Å². The van der Waals surface area contributed by atoms with E-state index in [2.05, 4.69) is 36.7 Å². The van der Waals surface area contributed by atoms with Crippen LogP contribution in [0.4, 0.5) is 0 Å². The van der Waals surface area contributed by atoms with Crippen LogP contribution in [0.1, 0.15) is 11.1 Å². The molecule has 0 radical (unpaired) electrons. The highest BCUT2D eigenvalue weighted by atomic mass is 15.1. The molecule has 0 aromatic heterocycles. The lowest BCUT2D eigenvalue weighted by atomic mass is 10.0. The van der Waals surface area contributed by atoms with Crippen molar-refractivity contribution in [2.75, 3.05) is 26.7 Å². The van der Waals surface area contributed by atoms with Crippen LogP contribution < -0.4 is 5.73 Å². The van der Waals surface area contributed by atoms with Crippen LogP contribution in [0.3, 0.4) is 0 Å². The minimum Gasteiger partial charge on any atom is -0.329 e. The lowest BCUT2D eigenvalue weighted by Gasteiger charge is -2.15. The second-order valence-electron chi connectivity index (χ2n) is 3.74. The van der Waals surface area contributed by atoms with Crippen molar-refractivity contribution in [3.05, 3.63) is 42.0 Å². The molecule has 0 saturated carbocycles. The Hall–Kier alpha value is -1.12. The van der Waals surface area contributed by atoms with Gasteiger partial charge in [-0.25, -0.2) is 0 Å². The van der Waals surface area contributed by atoms with Gasteiger partial charge in [-0.2, -0.15) is 0 Å². The summed E-state index contributed by atoms with van der Waals surface area (Å²) in [6.07, 6.45) is 2.97. The quantitative estimate of drug-likeness (QED) is 0.765. The predicted molar refractivity (Wildman–Crippen MR) is 66.8 cm³/mol. The topological polar surface area (TPSA) is 29.3 Å². The number of rotatable bonds is 6. The van der Waals surface area contributed by atoms with Crippen LogP contribution >= 0.6 is 0 Å². The zero-order chi connectivity index (χ0) is 11.1. The third kappa shape index (κ3) is 3.86. The Morgan fingerprint density at radius 3 is 2.73 bits per heavy atom. The lowest BCUT2D eigenvalue weighted by Crippen LogP contribution is -2.27. The maximum Gasteiger partial charge on any atom is 0.0102 e. The first-order chi connectivity index (χ1) is 7.27. The fraction of sp³-hybridized carbons (Fsp3) is 0.385. The summed E-state index contributed by atoms with van der Waals surface area (Å²) in [5.41, 5.74) is 8.09. The monoisotopic (exact) mass is 204 g/mol. The van der Waals surface area contributed by atoms with Gasteiger partial charge in [0.15, 0.2) is 0 Å². The highest BCUT2D eigenvalue weighted by molar-refractivity contribution is 5.51. The molecule has 2 N–H and O–H groups in total. The third-order valence-corrected chi connectivity index (χ3v) is 2.55. The summed E-state index contributed by atoms with van der Waals surface area (Å²) < 4.78 is 0. The molecule has 0 aliphatic carbocycles. The van der Waals surface area contributed by atoms with Gasteiger partial charge in [-0.1, -0.05) is 36.9 Å². The van der Waals surface area contributed by atoms with Crippen molar-refractivity contribution in [2.45, 2.75) is 6.42 Å². The molecule has 0 unspecified atom stereocenters. The van der Waals surface area contributed by atoms with E-state index in [1.807, 2.05) is 12.1 Å². The minimum absolute atomic E-state index is 0.722. The molecule has 82 valence electrons. The molecule has 0 aliphatic rings. The largest absolute Gasteiger partial charge is 0.329 e. The van der Waals surface area contributed by atoms with Crippen molar-refractivity contribution in [3.63, 3.8) is 0 Å². The average molecular weight is 204 g/mol. The summed E-state index contributed by atoms with van der Waals surface area (Å²) >= 11 is 0. The van der Waals surface area contributed by atoms with Gasteiger partial charge in [-0.3, -0.25) is 0 Å². The van der Waals surface area contributed by atoms with E-state index in [0.29, 0.717) is 0 Å². The molecule has 15 heavy (non-hydrogen) atoms. The van der Waals surface area contributed by atoms with E-state index in [1.165, 1.54) is 11.1 Å².